The Morgan fingerprint density at radius 3 is 2.43 bits per heavy atom. The van der Waals surface area contributed by atoms with Crippen molar-refractivity contribution in [1.82, 2.24) is 40.2 Å². The maximum absolute atomic E-state index is 15.4. The maximum atomic E-state index is 15.4. The number of piperidine rings is 2. The van der Waals surface area contributed by atoms with Crippen molar-refractivity contribution in [2.24, 2.45) is 0 Å². The van der Waals surface area contributed by atoms with Gasteiger partial charge < -0.3 is 15.0 Å². The lowest BCUT2D eigenvalue weighted by Crippen LogP contribution is -2.54. The summed E-state index contributed by atoms with van der Waals surface area (Å²) in [5.41, 5.74) is 4.92. The third-order valence-corrected chi connectivity index (χ3v) is 12.7. The van der Waals surface area contributed by atoms with Crippen LogP contribution in [0.1, 0.15) is 95.7 Å². The normalized spacial score (nSPS) is 19.5. The quantitative estimate of drug-likeness (QED) is 0.110. The predicted octanol–water partition coefficient (Wildman–Crippen LogP) is 5.73. The van der Waals surface area contributed by atoms with Gasteiger partial charge in [0, 0.05) is 68.3 Å². The number of aromatic nitrogens is 4. The fraction of sp³-hybridized carbons (Fsp3) is 0.404. The highest BCUT2D eigenvalue weighted by Gasteiger charge is 2.44. The lowest BCUT2D eigenvalue weighted by atomic mass is 9.98. The number of imide groups is 2. The van der Waals surface area contributed by atoms with Gasteiger partial charge in [0.15, 0.2) is 0 Å². The lowest BCUT2D eigenvalue weighted by Gasteiger charge is -2.32. The van der Waals surface area contributed by atoms with Gasteiger partial charge in [-0.05, 0) is 80.0 Å². The van der Waals surface area contributed by atoms with Crippen molar-refractivity contribution in [1.29, 1.82) is 0 Å². The zero-order valence-corrected chi connectivity index (χ0v) is 34.8. The van der Waals surface area contributed by atoms with Crippen molar-refractivity contribution >= 4 is 40.6 Å². The van der Waals surface area contributed by atoms with Crippen LogP contribution in [0.5, 0.6) is 0 Å². The molecule has 0 bridgehead atoms. The van der Waals surface area contributed by atoms with E-state index < -0.39 is 41.3 Å². The fourth-order valence-electron chi connectivity index (χ4n) is 9.18. The largest absolute Gasteiger partial charge is 0.375 e. The molecule has 3 fully saturated rings. The predicted molar refractivity (Wildman–Crippen MR) is 227 cm³/mol. The van der Waals surface area contributed by atoms with E-state index in [0.717, 1.165) is 61.1 Å². The Kier molecular flexibility index (Phi) is 12.2. The van der Waals surface area contributed by atoms with Gasteiger partial charge >= 0.3 is 0 Å². The zero-order chi connectivity index (χ0) is 43.6. The molecular weight excluding hydrogens is 811 g/mol. The number of halogens is 2. The number of unbranched alkanes of at least 4 members (excludes halogenated alkanes) is 3. The van der Waals surface area contributed by atoms with Crippen LogP contribution in [-0.2, 0) is 32.0 Å². The Morgan fingerprint density at radius 2 is 1.65 bits per heavy atom. The molecule has 16 heteroatoms. The number of hydrogen-bond donors (Lipinski definition) is 2. The molecule has 0 spiro atoms. The minimum absolute atomic E-state index is 0.00504. The van der Waals surface area contributed by atoms with Crippen LogP contribution in [0.4, 0.5) is 8.78 Å². The number of hydrogen-bond acceptors (Lipinski definition) is 10. The molecule has 3 aromatic carbocycles. The number of amides is 5. The SMILES string of the molecule is O=C1CCC(N2C(=O)c3ccc(CCCCCCC(=O)N4CCC(n5cc(-c6cnc7cccc(-c8cc(F)c(CC9CNCCO9)c(F)c8)c7n6)cn5)CC4)cc3C2=O)C(=O)N1. The summed E-state index contributed by atoms with van der Waals surface area (Å²) in [6.45, 7) is 3.03. The topological polar surface area (TPSA) is 169 Å². The number of likely N-dealkylation sites (tertiary alicyclic amines) is 1. The first kappa shape index (κ1) is 42.1. The van der Waals surface area contributed by atoms with Crippen LogP contribution >= 0.6 is 0 Å². The van der Waals surface area contributed by atoms with Crippen molar-refractivity contribution in [2.75, 3.05) is 32.8 Å². The monoisotopic (exact) mass is 858 g/mol. The van der Waals surface area contributed by atoms with Crippen LogP contribution in [0.15, 0.2) is 67.1 Å². The van der Waals surface area contributed by atoms with Gasteiger partial charge in [0.05, 0.1) is 59.0 Å². The molecular formula is C47H48F2N8O6. The molecule has 14 nitrogen and oxygen atoms in total. The molecule has 2 N–H and O–H groups in total. The molecule has 3 saturated heterocycles. The van der Waals surface area contributed by atoms with Crippen LogP contribution in [0.2, 0.25) is 0 Å². The van der Waals surface area contributed by atoms with Gasteiger partial charge in [0.25, 0.3) is 11.8 Å². The highest BCUT2D eigenvalue weighted by atomic mass is 19.1. The molecule has 0 saturated carbocycles. The average Bonchev–Trinajstić information content (AvgIpc) is 3.88. The number of rotatable bonds is 13. The Bertz CT molecular complexity index is 2580. The van der Waals surface area contributed by atoms with E-state index in [1.54, 1.807) is 36.7 Å². The van der Waals surface area contributed by atoms with Crippen molar-refractivity contribution in [3.05, 3.63) is 101 Å². The molecule has 9 rings (SSSR count). The Morgan fingerprint density at radius 1 is 0.857 bits per heavy atom. The molecule has 2 unspecified atom stereocenters. The molecule has 4 aliphatic heterocycles. The molecule has 63 heavy (non-hydrogen) atoms. The molecule has 5 amide bonds. The number of benzene rings is 3. The minimum Gasteiger partial charge on any atom is -0.375 e. The van der Waals surface area contributed by atoms with Gasteiger partial charge in [-0.2, -0.15) is 5.10 Å². The van der Waals surface area contributed by atoms with E-state index in [4.69, 9.17) is 9.72 Å². The number of fused-ring (bicyclic) bond motifs is 2. The molecule has 2 aromatic heterocycles. The van der Waals surface area contributed by atoms with Gasteiger partial charge in [-0.3, -0.25) is 43.9 Å². The average molecular weight is 859 g/mol. The van der Waals surface area contributed by atoms with Crippen LogP contribution in [-0.4, -0.2) is 104 Å². The second kappa shape index (κ2) is 18.2. The van der Waals surface area contributed by atoms with E-state index in [1.165, 1.54) is 12.1 Å². The summed E-state index contributed by atoms with van der Waals surface area (Å²) in [5, 5.41) is 10.1. The van der Waals surface area contributed by atoms with Gasteiger partial charge in [-0.15, -0.1) is 0 Å². The number of ether oxygens (including phenoxy) is 1. The molecule has 4 aliphatic rings. The molecule has 0 radical (unpaired) electrons. The first-order valence-electron chi connectivity index (χ1n) is 21.8. The van der Waals surface area contributed by atoms with E-state index in [1.807, 2.05) is 27.9 Å². The Labute approximate surface area is 362 Å². The van der Waals surface area contributed by atoms with E-state index in [0.29, 0.717) is 66.9 Å². The lowest BCUT2D eigenvalue weighted by molar-refractivity contribution is -0.136. The number of nitrogens with one attached hydrogen (secondary N) is 2. The summed E-state index contributed by atoms with van der Waals surface area (Å²) in [6, 6.07) is 12.4. The summed E-state index contributed by atoms with van der Waals surface area (Å²) < 4.78 is 38.4. The van der Waals surface area contributed by atoms with Crippen LogP contribution in [0.25, 0.3) is 33.4 Å². The van der Waals surface area contributed by atoms with Crippen LogP contribution in [0, 0.1) is 11.6 Å². The molecule has 5 aromatic rings. The van der Waals surface area contributed by atoms with E-state index in [9.17, 15) is 24.0 Å². The van der Waals surface area contributed by atoms with Crippen LogP contribution in [0.3, 0.4) is 0 Å². The Balaban J connectivity index is 0.739. The number of carbonyl (C=O) groups is 5. The zero-order valence-electron chi connectivity index (χ0n) is 34.8. The van der Waals surface area contributed by atoms with E-state index in [2.05, 4.69) is 20.7 Å². The Hall–Kier alpha value is -6.26. The highest BCUT2D eigenvalue weighted by molar-refractivity contribution is 6.23. The minimum atomic E-state index is -0.988. The third-order valence-electron chi connectivity index (χ3n) is 12.7. The molecule has 2 atom stereocenters. The summed E-state index contributed by atoms with van der Waals surface area (Å²) in [4.78, 5) is 75.6. The molecule has 6 heterocycles. The third kappa shape index (κ3) is 8.87. The smallest absolute Gasteiger partial charge is 0.262 e. The van der Waals surface area contributed by atoms with Crippen LogP contribution < -0.4 is 10.6 Å². The number of morpholine rings is 1. The van der Waals surface area contributed by atoms with E-state index >= 15 is 8.78 Å². The second-order valence-corrected chi connectivity index (χ2v) is 16.8. The van der Waals surface area contributed by atoms with Crippen molar-refractivity contribution < 1.29 is 37.5 Å². The van der Waals surface area contributed by atoms with Crippen molar-refractivity contribution in [3.8, 4) is 22.4 Å². The first-order chi connectivity index (χ1) is 30.6. The number of carbonyl (C=O) groups excluding carboxylic acids is 5. The maximum Gasteiger partial charge on any atom is 0.262 e. The summed E-state index contributed by atoms with van der Waals surface area (Å²) in [5.74, 6) is -3.16. The van der Waals surface area contributed by atoms with Gasteiger partial charge in [0.2, 0.25) is 17.7 Å². The van der Waals surface area contributed by atoms with Crippen molar-refractivity contribution in [2.45, 2.75) is 88.8 Å². The van der Waals surface area contributed by atoms with Gasteiger partial charge in [-0.1, -0.05) is 31.0 Å². The van der Waals surface area contributed by atoms with E-state index in [-0.39, 0.29) is 54.0 Å². The second-order valence-electron chi connectivity index (χ2n) is 16.8. The van der Waals surface area contributed by atoms with Crippen molar-refractivity contribution in [3.63, 3.8) is 0 Å². The van der Waals surface area contributed by atoms with Gasteiger partial charge in [-0.25, -0.2) is 13.8 Å². The summed E-state index contributed by atoms with van der Waals surface area (Å²) in [7, 11) is 0. The van der Waals surface area contributed by atoms with Gasteiger partial charge in [0.1, 0.15) is 17.7 Å². The number of aryl methyl sites for hydroxylation is 1. The highest BCUT2D eigenvalue weighted by Crippen LogP contribution is 2.33. The number of para-hydroxylation sites is 1. The summed E-state index contributed by atoms with van der Waals surface area (Å²) >= 11 is 0. The number of nitrogens with zero attached hydrogens (tertiary/aromatic N) is 6. The summed E-state index contributed by atoms with van der Waals surface area (Å²) in [6.07, 6.45) is 11.5. The molecule has 0 aliphatic carbocycles. The first-order valence-corrected chi connectivity index (χ1v) is 21.8. The standard InChI is InChI=1S/C47H48F2N8O6/c48-37-21-29(22-38(49)36(37)23-32-25-50-16-19-63-32)33-7-5-8-39-44(33)53-40(26-51-39)30-24-52-56(27-30)31-14-17-55(18-15-31)43(59)9-4-2-1-3-6-28-10-11-34-35(20-28)47(62)57(46(34)61)41-12-13-42(58)54-45(41)60/h5,7-8,10-11,20-22,24,26-27,31-32,41,50H,1-4,6,9,12-19,23,25H2,(H,54,58,60). The fourth-order valence-corrected chi connectivity index (χ4v) is 9.18. The molecule has 326 valence electrons.